The monoisotopic (exact) mass is 362 g/mol. The fourth-order valence-corrected chi connectivity index (χ4v) is 3.07. The Morgan fingerprint density at radius 2 is 2.21 bits per heavy atom. The lowest BCUT2D eigenvalue weighted by molar-refractivity contribution is -0.143. The normalized spacial score (nSPS) is 19.6. The number of aliphatic imine (C=N–C) groups is 1. The van der Waals surface area contributed by atoms with Crippen LogP contribution in [0.4, 0.5) is 13.2 Å². The smallest absolute Gasteiger partial charge is 0.352 e. The van der Waals surface area contributed by atoms with Crippen LogP contribution in [-0.2, 0) is 6.54 Å². The summed E-state index contributed by atoms with van der Waals surface area (Å²) in [4.78, 5) is 7.57. The van der Waals surface area contributed by atoms with Gasteiger partial charge in [0.2, 0.25) is 0 Å². The van der Waals surface area contributed by atoms with Gasteiger partial charge >= 0.3 is 6.18 Å². The van der Waals surface area contributed by atoms with E-state index in [4.69, 9.17) is 11.6 Å². The molecule has 4 nitrogen and oxygen atoms in total. The topological polar surface area (TPSA) is 30.9 Å². The molecule has 2 rings (SSSR count). The second-order valence-electron chi connectivity index (χ2n) is 6.01. The van der Waals surface area contributed by atoms with E-state index in [0.29, 0.717) is 37.0 Å². The molecule has 8 heteroatoms. The minimum absolute atomic E-state index is 0.0344. The van der Waals surface area contributed by atoms with Crippen molar-refractivity contribution in [2.75, 3.05) is 33.7 Å². The van der Waals surface area contributed by atoms with E-state index < -0.39 is 12.7 Å². The van der Waals surface area contributed by atoms with E-state index in [9.17, 15) is 13.2 Å². The van der Waals surface area contributed by atoms with Crippen LogP contribution in [0.1, 0.15) is 12.0 Å². The van der Waals surface area contributed by atoms with Crippen molar-refractivity contribution in [2.45, 2.75) is 25.2 Å². The number of nitrogens with one attached hydrogen (secondary N) is 1. The van der Waals surface area contributed by atoms with Crippen LogP contribution in [0.3, 0.4) is 0 Å². The SMILES string of the molecule is CN=C(NC1CCN(CC(F)(F)F)C1)N(C)Cc1cccc(Cl)c1. The number of nitrogens with zero attached hydrogens (tertiary/aromatic N) is 3. The molecule has 1 aliphatic heterocycles. The van der Waals surface area contributed by atoms with Crippen molar-refractivity contribution in [3.8, 4) is 0 Å². The molecule has 1 N–H and O–H groups in total. The van der Waals surface area contributed by atoms with E-state index in [1.54, 1.807) is 7.05 Å². The van der Waals surface area contributed by atoms with Gasteiger partial charge in [-0.2, -0.15) is 13.2 Å². The lowest BCUT2D eigenvalue weighted by atomic mass is 10.2. The van der Waals surface area contributed by atoms with Crippen LogP contribution in [0.25, 0.3) is 0 Å². The molecule has 0 aliphatic carbocycles. The van der Waals surface area contributed by atoms with Crippen molar-refractivity contribution in [2.24, 2.45) is 4.99 Å². The molecule has 1 atom stereocenters. The maximum absolute atomic E-state index is 12.5. The van der Waals surface area contributed by atoms with Gasteiger partial charge in [-0.1, -0.05) is 23.7 Å². The molecule has 1 saturated heterocycles. The molecule has 1 fully saturated rings. The minimum Gasteiger partial charge on any atom is -0.352 e. The Balaban J connectivity index is 1.88. The summed E-state index contributed by atoms with van der Waals surface area (Å²) < 4.78 is 37.4. The van der Waals surface area contributed by atoms with Gasteiger partial charge in [0.15, 0.2) is 5.96 Å². The molecule has 0 spiro atoms. The van der Waals surface area contributed by atoms with Crippen molar-refractivity contribution >= 4 is 17.6 Å². The first-order chi connectivity index (χ1) is 11.3. The van der Waals surface area contributed by atoms with E-state index in [0.717, 1.165) is 5.56 Å². The number of benzene rings is 1. The molecule has 0 aromatic heterocycles. The average molecular weight is 363 g/mol. The summed E-state index contributed by atoms with van der Waals surface area (Å²) in [5.74, 6) is 0.661. The van der Waals surface area contributed by atoms with Gasteiger partial charge in [-0.25, -0.2) is 0 Å². The van der Waals surface area contributed by atoms with E-state index in [1.807, 2.05) is 36.2 Å². The number of likely N-dealkylation sites (tertiary alicyclic amines) is 1. The molecular formula is C16H22ClF3N4. The van der Waals surface area contributed by atoms with Crippen molar-refractivity contribution in [1.82, 2.24) is 15.1 Å². The van der Waals surface area contributed by atoms with Crippen LogP contribution in [0.5, 0.6) is 0 Å². The lowest BCUT2D eigenvalue weighted by Crippen LogP contribution is -2.45. The van der Waals surface area contributed by atoms with E-state index in [1.165, 1.54) is 4.90 Å². The average Bonchev–Trinajstić information content (AvgIpc) is 2.89. The standard InChI is InChI=1S/C16H22ClF3N4/c1-21-15(23(2)9-12-4-3-5-13(17)8-12)22-14-6-7-24(10-14)11-16(18,19)20/h3-5,8,14H,6-7,9-11H2,1-2H3,(H,21,22). The molecule has 0 amide bonds. The highest BCUT2D eigenvalue weighted by Gasteiger charge is 2.34. The zero-order valence-electron chi connectivity index (χ0n) is 13.8. The second kappa shape index (κ2) is 8.07. The van der Waals surface area contributed by atoms with Gasteiger partial charge < -0.3 is 10.2 Å². The summed E-state index contributed by atoms with van der Waals surface area (Å²) in [6, 6.07) is 7.51. The highest BCUT2D eigenvalue weighted by molar-refractivity contribution is 6.30. The Kier molecular flexibility index (Phi) is 6.34. The first-order valence-corrected chi connectivity index (χ1v) is 8.12. The summed E-state index contributed by atoms with van der Waals surface area (Å²) in [6.45, 7) is 0.553. The largest absolute Gasteiger partial charge is 0.401 e. The van der Waals surface area contributed by atoms with E-state index >= 15 is 0 Å². The number of hydrogen-bond acceptors (Lipinski definition) is 2. The Hall–Kier alpha value is -1.47. The third kappa shape index (κ3) is 5.87. The van der Waals surface area contributed by atoms with Gasteiger partial charge in [-0.05, 0) is 24.1 Å². The predicted octanol–water partition coefficient (Wildman–Crippen LogP) is 2.98. The highest BCUT2D eigenvalue weighted by atomic mass is 35.5. The maximum atomic E-state index is 12.5. The third-order valence-corrected chi connectivity index (χ3v) is 4.13. The molecule has 1 aromatic carbocycles. The summed E-state index contributed by atoms with van der Waals surface area (Å²) >= 11 is 5.99. The Labute approximate surface area is 145 Å². The van der Waals surface area contributed by atoms with Gasteiger partial charge in [0.25, 0.3) is 0 Å². The van der Waals surface area contributed by atoms with Crippen LogP contribution in [0, 0.1) is 0 Å². The first-order valence-electron chi connectivity index (χ1n) is 7.75. The van der Waals surface area contributed by atoms with Crippen LogP contribution >= 0.6 is 11.6 Å². The summed E-state index contributed by atoms with van der Waals surface area (Å²) in [5, 5.41) is 3.92. The molecular weight excluding hydrogens is 341 g/mol. The molecule has 134 valence electrons. The number of alkyl halides is 3. The highest BCUT2D eigenvalue weighted by Crippen LogP contribution is 2.20. The molecule has 1 aliphatic rings. The van der Waals surface area contributed by atoms with Crippen LogP contribution in [0.15, 0.2) is 29.3 Å². The molecule has 0 bridgehead atoms. The third-order valence-electron chi connectivity index (χ3n) is 3.89. The van der Waals surface area contributed by atoms with Crippen molar-refractivity contribution in [3.05, 3.63) is 34.9 Å². The predicted molar refractivity (Wildman–Crippen MR) is 90.3 cm³/mol. The van der Waals surface area contributed by atoms with Gasteiger partial charge in [0.1, 0.15) is 0 Å². The van der Waals surface area contributed by atoms with Crippen LogP contribution < -0.4 is 5.32 Å². The number of guanidine groups is 1. The fraction of sp³-hybridized carbons (Fsp3) is 0.562. The molecule has 24 heavy (non-hydrogen) atoms. The first kappa shape index (κ1) is 18.9. The zero-order chi connectivity index (χ0) is 17.7. The molecule has 1 aromatic rings. The molecule has 0 saturated carbocycles. The van der Waals surface area contributed by atoms with Gasteiger partial charge in [-0.15, -0.1) is 0 Å². The zero-order valence-corrected chi connectivity index (χ0v) is 14.5. The quantitative estimate of drug-likeness (QED) is 0.660. The summed E-state index contributed by atoms with van der Waals surface area (Å²) in [6.07, 6.45) is -3.49. The van der Waals surface area contributed by atoms with Crippen molar-refractivity contribution < 1.29 is 13.2 Å². The summed E-state index contributed by atoms with van der Waals surface area (Å²) in [7, 11) is 3.55. The van der Waals surface area contributed by atoms with Gasteiger partial charge in [0, 0.05) is 44.8 Å². The van der Waals surface area contributed by atoms with E-state index in [2.05, 4.69) is 10.3 Å². The fourth-order valence-electron chi connectivity index (χ4n) is 2.86. The van der Waals surface area contributed by atoms with Crippen molar-refractivity contribution in [1.29, 1.82) is 0 Å². The lowest BCUT2D eigenvalue weighted by Gasteiger charge is -2.25. The number of halogens is 4. The number of rotatable bonds is 4. The second-order valence-corrected chi connectivity index (χ2v) is 6.45. The molecule has 0 radical (unpaired) electrons. The maximum Gasteiger partial charge on any atom is 0.401 e. The Morgan fingerprint density at radius 1 is 1.46 bits per heavy atom. The number of hydrogen-bond donors (Lipinski definition) is 1. The Morgan fingerprint density at radius 3 is 2.83 bits per heavy atom. The van der Waals surface area contributed by atoms with Crippen LogP contribution in [-0.4, -0.2) is 61.7 Å². The Bertz CT molecular complexity index is 577. The van der Waals surface area contributed by atoms with Crippen molar-refractivity contribution in [3.63, 3.8) is 0 Å². The van der Waals surface area contributed by atoms with E-state index in [-0.39, 0.29) is 6.04 Å². The van der Waals surface area contributed by atoms with Gasteiger partial charge in [0.05, 0.1) is 6.54 Å². The molecule has 1 heterocycles. The molecule has 1 unspecified atom stereocenters. The summed E-state index contributed by atoms with van der Waals surface area (Å²) in [5.41, 5.74) is 1.04. The van der Waals surface area contributed by atoms with Crippen LogP contribution in [0.2, 0.25) is 5.02 Å². The van der Waals surface area contributed by atoms with Gasteiger partial charge in [-0.3, -0.25) is 9.89 Å². The minimum atomic E-state index is -4.15.